The van der Waals surface area contributed by atoms with E-state index in [1.54, 1.807) is 6.20 Å². The third-order valence-corrected chi connectivity index (χ3v) is 3.30. The van der Waals surface area contributed by atoms with Gasteiger partial charge in [0.05, 0.1) is 5.52 Å². The molecule has 0 saturated carbocycles. The number of carbonyl (C=O) groups is 1. The Morgan fingerprint density at radius 3 is 2.95 bits per heavy atom. The lowest BCUT2D eigenvalue weighted by Gasteiger charge is -2.11. The Labute approximate surface area is 119 Å². The fraction of sp³-hybridized carbons (Fsp3) is 0.375. The van der Waals surface area contributed by atoms with E-state index in [2.05, 4.69) is 17.2 Å². The Hall–Kier alpha value is -1.94. The van der Waals surface area contributed by atoms with Crippen molar-refractivity contribution >= 4 is 16.8 Å². The molecule has 0 bridgehead atoms. The molecular weight excluding hydrogens is 250 g/mol. The van der Waals surface area contributed by atoms with Crippen molar-refractivity contribution in [3.05, 3.63) is 42.1 Å². The monoisotopic (exact) mass is 271 g/mol. The van der Waals surface area contributed by atoms with Crippen molar-refractivity contribution in [2.45, 2.75) is 38.8 Å². The Morgan fingerprint density at radius 2 is 2.15 bits per heavy atom. The number of nitrogens with zero attached hydrogens (tertiary/aromatic N) is 1. The first-order chi connectivity index (χ1) is 9.70. The standard InChI is InChI=1S/C16H21N3O/c1-2-5-14(17)10-15(20)19-11-13-7-3-6-12-8-4-9-18-16(12)13/h3-4,6-9,14H,2,5,10-11,17H2,1H3,(H,19,20). The van der Waals surface area contributed by atoms with Crippen LogP contribution in [0, 0.1) is 0 Å². The lowest BCUT2D eigenvalue weighted by atomic mass is 10.1. The third kappa shape index (κ3) is 3.78. The van der Waals surface area contributed by atoms with Gasteiger partial charge in [-0.1, -0.05) is 37.6 Å². The molecule has 0 aliphatic rings. The molecule has 0 spiro atoms. The SMILES string of the molecule is CCCC(N)CC(=O)NCc1cccc2cccnc12. The summed E-state index contributed by atoms with van der Waals surface area (Å²) in [6, 6.07) is 9.87. The van der Waals surface area contributed by atoms with Gasteiger partial charge < -0.3 is 11.1 Å². The molecule has 0 radical (unpaired) electrons. The summed E-state index contributed by atoms with van der Waals surface area (Å²) in [6.45, 7) is 2.56. The van der Waals surface area contributed by atoms with Crippen molar-refractivity contribution in [3.63, 3.8) is 0 Å². The number of aromatic nitrogens is 1. The molecule has 1 aromatic heterocycles. The van der Waals surface area contributed by atoms with Gasteiger partial charge in [-0.2, -0.15) is 0 Å². The van der Waals surface area contributed by atoms with Gasteiger partial charge in [-0.25, -0.2) is 0 Å². The predicted molar refractivity (Wildman–Crippen MR) is 81.1 cm³/mol. The highest BCUT2D eigenvalue weighted by Gasteiger charge is 2.09. The minimum absolute atomic E-state index is 0.00103. The van der Waals surface area contributed by atoms with E-state index in [9.17, 15) is 4.79 Å². The van der Waals surface area contributed by atoms with Gasteiger partial charge >= 0.3 is 0 Å². The van der Waals surface area contributed by atoms with E-state index in [1.807, 2.05) is 30.3 Å². The summed E-state index contributed by atoms with van der Waals surface area (Å²) < 4.78 is 0. The second-order valence-electron chi connectivity index (χ2n) is 5.02. The van der Waals surface area contributed by atoms with Crippen molar-refractivity contribution in [2.75, 3.05) is 0 Å². The van der Waals surface area contributed by atoms with Crippen LogP contribution >= 0.6 is 0 Å². The van der Waals surface area contributed by atoms with Crippen molar-refractivity contribution in [2.24, 2.45) is 5.73 Å². The molecular formula is C16H21N3O. The highest BCUT2D eigenvalue weighted by atomic mass is 16.1. The van der Waals surface area contributed by atoms with Gasteiger partial charge in [0.25, 0.3) is 0 Å². The number of amides is 1. The number of rotatable bonds is 6. The first-order valence-corrected chi connectivity index (χ1v) is 7.05. The molecule has 20 heavy (non-hydrogen) atoms. The molecule has 0 aliphatic heterocycles. The highest BCUT2D eigenvalue weighted by molar-refractivity contribution is 5.82. The van der Waals surface area contributed by atoms with Crippen molar-refractivity contribution < 1.29 is 4.79 Å². The molecule has 1 atom stereocenters. The lowest BCUT2D eigenvalue weighted by molar-refractivity contribution is -0.121. The molecule has 2 rings (SSSR count). The van der Waals surface area contributed by atoms with Gasteiger partial charge in [0.2, 0.25) is 5.91 Å². The average Bonchev–Trinajstić information content (AvgIpc) is 2.45. The van der Waals surface area contributed by atoms with Gasteiger partial charge in [0.15, 0.2) is 0 Å². The largest absolute Gasteiger partial charge is 0.352 e. The Morgan fingerprint density at radius 1 is 1.35 bits per heavy atom. The Kier molecular flexibility index (Phi) is 5.07. The van der Waals surface area contributed by atoms with Crippen LogP contribution in [-0.2, 0) is 11.3 Å². The smallest absolute Gasteiger partial charge is 0.221 e. The molecule has 4 nitrogen and oxygen atoms in total. The van der Waals surface area contributed by atoms with Crippen LogP contribution in [0.1, 0.15) is 31.7 Å². The van der Waals surface area contributed by atoms with Crippen LogP contribution in [0.5, 0.6) is 0 Å². The minimum Gasteiger partial charge on any atom is -0.352 e. The molecule has 0 fully saturated rings. The summed E-state index contributed by atoms with van der Waals surface area (Å²) >= 11 is 0. The van der Waals surface area contributed by atoms with Crippen LogP contribution in [0.2, 0.25) is 0 Å². The van der Waals surface area contributed by atoms with Gasteiger partial charge in [-0.3, -0.25) is 9.78 Å². The number of carbonyl (C=O) groups excluding carboxylic acids is 1. The molecule has 0 aliphatic carbocycles. The van der Waals surface area contributed by atoms with Gasteiger partial charge in [-0.15, -0.1) is 0 Å². The zero-order valence-corrected chi connectivity index (χ0v) is 11.8. The van der Waals surface area contributed by atoms with E-state index in [1.165, 1.54) is 0 Å². The predicted octanol–water partition coefficient (Wildman–Crippen LogP) is 2.37. The number of hydrogen-bond acceptors (Lipinski definition) is 3. The van der Waals surface area contributed by atoms with Crippen LogP contribution in [-0.4, -0.2) is 16.9 Å². The topological polar surface area (TPSA) is 68.0 Å². The van der Waals surface area contributed by atoms with Crippen LogP contribution in [0.4, 0.5) is 0 Å². The third-order valence-electron chi connectivity index (χ3n) is 3.30. The van der Waals surface area contributed by atoms with Gasteiger partial charge in [0.1, 0.15) is 0 Å². The number of fused-ring (bicyclic) bond motifs is 1. The summed E-state index contributed by atoms with van der Waals surface area (Å²) in [6.07, 6.45) is 4.03. The molecule has 3 N–H and O–H groups in total. The van der Waals surface area contributed by atoms with E-state index in [0.717, 1.165) is 29.3 Å². The van der Waals surface area contributed by atoms with E-state index in [4.69, 9.17) is 5.73 Å². The highest BCUT2D eigenvalue weighted by Crippen LogP contribution is 2.15. The quantitative estimate of drug-likeness (QED) is 0.847. The van der Waals surface area contributed by atoms with Crippen LogP contribution < -0.4 is 11.1 Å². The maximum absolute atomic E-state index is 11.8. The molecule has 1 aromatic carbocycles. The minimum atomic E-state index is -0.0503. The normalized spacial score (nSPS) is 12.3. The van der Waals surface area contributed by atoms with Crippen molar-refractivity contribution in [1.29, 1.82) is 0 Å². The van der Waals surface area contributed by atoms with Gasteiger partial charge in [0, 0.05) is 30.6 Å². The second-order valence-corrected chi connectivity index (χ2v) is 5.02. The van der Waals surface area contributed by atoms with E-state index in [-0.39, 0.29) is 11.9 Å². The van der Waals surface area contributed by atoms with Crippen LogP contribution in [0.25, 0.3) is 10.9 Å². The number of nitrogens with one attached hydrogen (secondary N) is 1. The van der Waals surface area contributed by atoms with E-state index < -0.39 is 0 Å². The maximum Gasteiger partial charge on any atom is 0.221 e. The zero-order chi connectivity index (χ0) is 14.4. The van der Waals surface area contributed by atoms with Crippen molar-refractivity contribution in [1.82, 2.24) is 10.3 Å². The molecule has 1 unspecified atom stereocenters. The zero-order valence-electron chi connectivity index (χ0n) is 11.8. The lowest BCUT2D eigenvalue weighted by Crippen LogP contribution is -2.31. The van der Waals surface area contributed by atoms with Crippen molar-refractivity contribution in [3.8, 4) is 0 Å². The molecule has 1 amide bonds. The first-order valence-electron chi connectivity index (χ1n) is 7.05. The number of nitrogens with two attached hydrogens (primary N) is 1. The number of benzene rings is 1. The van der Waals surface area contributed by atoms with E-state index in [0.29, 0.717) is 13.0 Å². The molecule has 0 saturated heterocycles. The Balaban J connectivity index is 1.97. The molecule has 1 heterocycles. The molecule has 2 aromatic rings. The number of pyridine rings is 1. The fourth-order valence-electron chi connectivity index (χ4n) is 2.29. The number of para-hydroxylation sites is 1. The van der Waals surface area contributed by atoms with Gasteiger partial charge in [-0.05, 0) is 18.1 Å². The van der Waals surface area contributed by atoms with Crippen LogP contribution in [0.3, 0.4) is 0 Å². The first kappa shape index (κ1) is 14.5. The summed E-state index contributed by atoms with van der Waals surface area (Å²) in [7, 11) is 0. The average molecular weight is 271 g/mol. The number of hydrogen-bond donors (Lipinski definition) is 2. The summed E-state index contributed by atoms with van der Waals surface area (Å²) in [5, 5.41) is 4.01. The maximum atomic E-state index is 11.8. The fourth-order valence-corrected chi connectivity index (χ4v) is 2.29. The molecule has 4 heteroatoms. The van der Waals surface area contributed by atoms with E-state index >= 15 is 0 Å². The summed E-state index contributed by atoms with van der Waals surface area (Å²) in [4.78, 5) is 16.2. The second kappa shape index (κ2) is 7.01. The molecule has 106 valence electrons. The Bertz CT molecular complexity index is 577. The summed E-state index contributed by atoms with van der Waals surface area (Å²) in [5.41, 5.74) is 7.84. The summed E-state index contributed by atoms with van der Waals surface area (Å²) in [5.74, 6) is -0.00103. The van der Waals surface area contributed by atoms with Crippen LogP contribution in [0.15, 0.2) is 36.5 Å².